The van der Waals surface area contributed by atoms with E-state index in [9.17, 15) is 4.79 Å². The van der Waals surface area contributed by atoms with Gasteiger partial charge in [-0.2, -0.15) is 0 Å². The summed E-state index contributed by atoms with van der Waals surface area (Å²) in [5, 5.41) is 6.21. The molecule has 4 heteroatoms. The molecule has 0 bridgehead atoms. The summed E-state index contributed by atoms with van der Waals surface area (Å²) in [6, 6.07) is 0. The molecule has 0 radical (unpaired) electrons. The Balaban J connectivity index is 2.16. The van der Waals surface area contributed by atoms with E-state index in [0.29, 0.717) is 18.4 Å². The number of piperidine rings is 1. The molecule has 0 aromatic heterocycles. The van der Waals surface area contributed by atoms with Crippen molar-refractivity contribution >= 4 is 6.09 Å². The van der Waals surface area contributed by atoms with Crippen molar-refractivity contribution in [3.8, 4) is 0 Å². The second-order valence-electron chi connectivity index (χ2n) is 5.95. The van der Waals surface area contributed by atoms with Gasteiger partial charge in [0, 0.05) is 6.54 Å². The molecule has 0 spiro atoms. The first-order chi connectivity index (χ1) is 7.88. The van der Waals surface area contributed by atoms with E-state index < -0.39 is 5.60 Å². The molecule has 1 saturated heterocycles. The van der Waals surface area contributed by atoms with Gasteiger partial charge in [0.2, 0.25) is 0 Å². The number of nitrogens with one attached hydrogen (secondary N) is 2. The third-order valence-corrected chi connectivity index (χ3v) is 3.15. The average molecular weight is 242 g/mol. The highest BCUT2D eigenvalue weighted by atomic mass is 16.6. The molecule has 4 nitrogen and oxygen atoms in total. The van der Waals surface area contributed by atoms with Crippen LogP contribution in [0.1, 0.15) is 40.5 Å². The largest absolute Gasteiger partial charge is 0.444 e. The van der Waals surface area contributed by atoms with Crippen molar-refractivity contribution in [2.45, 2.75) is 46.1 Å². The molecule has 2 atom stereocenters. The number of ether oxygens (including phenoxy) is 1. The Bertz CT molecular complexity index is 248. The van der Waals surface area contributed by atoms with Crippen molar-refractivity contribution in [3.63, 3.8) is 0 Å². The van der Waals surface area contributed by atoms with Gasteiger partial charge in [-0.3, -0.25) is 0 Å². The van der Waals surface area contributed by atoms with Crippen LogP contribution in [0.5, 0.6) is 0 Å². The number of carbonyl (C=O) groups is 1. The molecule has 1 aliphatic rings. The highest BCUT2D eigenvalue weighted by molar-refractivity contribution is 5.67. The van der Waals surface area contributed by atoms with Crippen LogP contribution < -0.4 is 10.6 Å². The van der Waals surface area contributed by atoms with Crippen LogP contribution in [0.2, 0.25) is 0 Å². The SMILES string of the molecule is CC1CNCCC1CCNC(=O)OC(C)(C)C. The van der Waals surface area contributed by atoms with E-state index in [4.69, 9.17) is 4.74 Å². The third kappa shape index (κ3) is 5.91. The quantitative estimate of drug-likeness (QED) is 0.797. The molecule has 0 saturated carbocycles. The molecule has 0 aromatic carbocycles. The summed E-state index contributed by atoms with van der Waals surface area (Å²) >= 11 is 0. The minimum atomic E-state index is -0.411. The summed E-state index contributed by atoms with van der Waals surface area (Å²) in [5.41, 5.74) is -0.411. The number of alkyl carbamates (subject to hydrolysis) is 1. The minimum Gasteiger partial charge on any atom is -0.444 e. The number of rotatable bonds is 3. The van der Waals surface area contributed by atoms with E-state index in [1.54, 1.807) is 0 Å². The van der Waals surface area contributed by atoms with Crippen molar-refractivity contribution in [1.82, 2.24) is 10.6 Å². The first-order valence-corrected chi connectivity index (χ1v) is 6.56. The van der Waals surface area contributed by atoms with Crippen molar-refractivity contribution in [2.75, 3.05) is 19.6 Å². The van der Waals surface area contributed by atoms with E-state index in [1.165, 1.54) is 6.42 Å². The average Bonchev–Trinajstić information content (AvgIpc) is 2.18. The van der Waals surface area contributed by atoms with E-state index in [0.717, 1.165) is 19.5 Å². The molecule has 1 heterocycles. The van der Waals surface area contributed by atoms with Gasteiger partial charge in [-0.1, -0.05) is 6.92 Å². The molecule has 1 rings (SSSR count). The fraction of sp³-hybridized carbons (Fsp3) is 0.923. The zero-order valence-electron chi connectivity index (χ0n) is 11.5. The lowest BCUT2D eigenvalue weighted by atomic mass is 9.85. The minimum absolute atomic E-state index is 0.306. The smallest absolute Gasteiger partial charge is 0.407 e. The van der Waals surface area contributed by atoms with E-state index in [1.807, 2.05) is 20.8 Å². The lowest BCUT2D eigenvalue weighted by molar-refractivity contribution is 0.0522. The molecule has 2 unspecified atom stereocenters. The number of hydrogen-bond donors (Lipinski definition) is 2. The second-order valence-corrected chi connectivity index (χ2v) is 5.95. The van der Waals surface area contributed by atoms with Gasteiger partial charge < -0.3 is 15.4 Å². The van der Waals surface area contributed by atoms with Gasteiger partial charge in [-0.25, -0.2) is 4.79 Å². The Labute approximate surface area is 104 Å². The van der Waals surface area contributed by atoms with Crippen LogP contribution in [0.15, 0.2) is 0 Å². The van der Waals surface area contributed by atoms with Crippen LogP contribution in [-0.2, 0) is 4.74 Å². The van der Waals surface area contributed by atoms with E-state index in [-0.39, 0.29) is 6.09 Å². The molecule has 0 aromatic rings. The van der Waals surface area contributed by atoms with Gasteiger partial charge in [-0.15, -0.1) is 0 Å². The zero-order chi connectivity index (χ0) is 12.9. The predicted octanol–water partition coefficient (Wildman–Crippen LogP) is 2.15. The maximum atomic E-state index is 11.4. The maximum Gasteiger partial charge on any atom is 0.407 e. The summed E-state index contributed by atoms with van der Waals surface area (Å²) < 4.78 is 5.19. The van der Waals surface area contributed by atoms with Crippen LogP contribution in [0, 0.1) is 11.8 Å². The molecule has 0 aliphatic carbocycles. The molecule has 2 N–H and O–H groups in total. The number of carbonyl (C=O) groups excluding carboxylic acids is 1. The highest BCUT2D eigenvalue weighted by Gasteiger charge is 2.21. The van der Waals surface area contributed by atoms with Crippen molar-refractivity contribution in [2.24, 2.45) is 11.8 Å². The van der Waals surface area contributed by atoms with Crippen LogP contribution in [0.4, 0.5) is 4.79 Å². The van der Waals surface area contributed by atoms with Crippen molar-refractivity contribution in [1.29, 1.82) is 0 Å². The summed E-state index contributed by atoms with van der Waals surface area (Å²) in [5.74, 6) is 1.41. The highest BCUT2D eigenvalue weighted by Crippen LogP contribution is 2.21. The predicted molar refractivity (Wildman–Crippen MR) is 69.0 cm³/mol. The van der Waals surface area contributed by atoms with Crippen LogP contribution in [-0.4, -0.2) is 31.3 Å². The molecule has 17 heavy (non-hydrogen) atoms. The molecule has 1 amide bonds. The fourth-order valence-electron chi connectivity index (χ4n) is 2.17. The topological polar surface area (TPSA) is 50.4 Å². The molecular formula is C13H26N2O2. The van der Waals surface area contributed by atoms with Gasteiger partial charge in [0.05, 0.1) is 0 Å². The first kappa shape index (κ1) is 14.3. The fourth-order valence-corrected chi connectivity index (χ4v) is 2.17. The third-order valence-electron chi connectivity index (χ3n) is 3.15. The van der Waals surface area contributed by atoms with Crippen molar-refractivity contribution in [3.05, 3.63) is 0 Å². The van der Waals surface area contributed by atoms with Crippen LogP contribution in [0.3, 0.4) is 0 Å². The first-order valence-electron chi connectivity index (χ1n) is 6.56. The number of amides is 1. The number of hydrogen-bond acceptors (Lipinski definition) is 3. The van der Waals surface area contributed by atoms with Crippen LogP contribution >= 0.6 is 0 Å². The second kappa shape index (κ2) is 6.24. The molecular weight excluding hydrogens is 216 g/mol. The molecule has 1 fully saturated rings. The summed E-state index contributed by atoms with van der Waals surface area (Å²) in [7, 11) is 0. The van der Waals surface area contributed by atoms with Crippen LogP contribution in [0.25, 0.3) is 0 Å². The zero-order valence-corrected chi connectivity index (χ0v) is 11.5. The monoisotopic (exact) mass is 242 g/mol. The van der Waals surface area contributed by atoms with Gasteiger partial charge in [0.25, 0.3) is 0 Å². The molecule has 1 aliphatic heterocycles. The summed E-state index contributed by atoms with van der Waals surface area (Å²) in [4.78, 5) is 11.4. The Morgan fingerprint density at radius 2 is 2.18 bits per heavy atom. The Morgan fingerprint density at radius 3 is 2.76 bits per heavy atom. The Hall–Kier alpha value is -0.770. The van der Waals surface area contributed by atoms with E-state index in [2.05, 4.69) is 17.6 Å². The standard InChI is InChI=1S/C13H26N2O2/c1-10-9-14-7-5-11(10)6-8-15-12(16)17-13(2,3)4/h10-11,14H,5-9H2,1-4H3,(H,15,16). The Kier molecular flexibility index (Phi) is 5.25. The van der Waals surface area contributed by atoms with Crippen molar-refractivity contribution < 1.29 is 9.53 Å². The lowest BCUT2D eigenvalue weighted by Crippen LogP contribution is -2.38. The van der Waals surface area contributed by atoms with Gasteiger partial charge in [0.1, 0.15) is 5.60 Å². The lowest BCUT2D eigenvalue weighted by Gasteiger charge is -2.29. The van der Waals surface area contributed by atoms with E-state index >= 15 is 0 Å². The summed E-state index contributed by atoms with van der Waals surface area (Å²) in [6.45, 7) is 10.8. The van der Waals surface area contributed by atoms with Gasteiger partial charge in [-0.05, 0) is 58.5 Å². The summed E-state index contributed by atoms with van der Waals surface area (Å²) in [6.07, 6.45) is 1.94. The Morgan fingerprint density at radius 1 is 1.47 bits per heavy atom. The molecule has 100 valence electrons. The van der Waals surface area contributed by atoms with Gasteiger partial charge in [0.15, 0.2) is 0 Å². The van der Waals surface area contributed by atoms with Gasteiger partial charge >= 0.3 is 6.09 Å². The maximum absolute atomic E-state index is 11.4. The normalized spacial score (nSPS) is 25.4.